The predicted octanol–water partition coefficient (Wildman–Crippen LogP) is 20.0. The highest BCUT2D eigenvalue weighted by Gasteiger charge is 2.18. The van der Waals surface area contributed by atoms with E-state index in [1.165, 1.54) is 270 Å². The van der Waals surface area contributed by atoms with E-state index in [9.17, 15) is 28.8 Å². The molecule has 1 rings (SSSR count). The molecule has 0 aromatic carbocycles. The van der Waals surface area contributed by atoms with Crippen LogP contribution in [0.1, 0.15) is 348 Å². The second-order valence-corrected chi connectivity index (χ2v) is 28.6. The topological polar surface area (TPSA) is 145 Å². The van der Waals surface area contributed by atoms with Gasteiger partial charge in [-0.05, 0) is 92.3 Å². The molecule has 0 spiro atoms. The van der Waals surface area contributed by atoms with Crippen molar-refractivity contribution >= 4 is 53.2 Å². The Kier molecular flexibility index (Phi) is 62.3. The van der Waals surface area contributed by atoms with Gasteiger partial charge in [0.1, 0.15) is 19.8 Å². The van der Waals surface area contributed by atoms with Gasteiger partial charge in [0.25, 0.3) is 0 Å². The van der Waals surface area contributed by atoms with E-state index in [-0.39, 0.29) is 58.7 Å². The normalized spacial score (nSPS) is 11.5. The third-order valence-electron chi connectivity index (χ3n) is 16.8. The van der Waals surface area contributed by atoms with Crippen LogP contribution in [0.3, 0.4) is 0 Å². The molecule has 0 atom stereocenters. The zero-order chi connectivity index (χ0) is 63.0. The molecule has 0 fully saturated rings. The molecule has 0 saturated carbocycles. The molecular weight excluding hydrogens is 1150 g/mol. The predicted molar refractivity (Wildman–Crippen MR) is 377 cm³/mol. The highest BCUT2D eigenvalue weighted by atomic mass is 32.2. The molecule has 0 bridgehead atoms. The monoisotopic (exact) mass is 1280 g/mol. The minimum absolute atomic E-state index is 0.223. The van der Waals surface area contributed by atoms with Crippen molar-refractivity contribution in [3.05, 3.63) is 31.5 Å². The van der Waals surface area contributed by atoms with Crippen LogP contribution >= 0.6 is 35.3 Å². The van der Waals surface area contributed by atoms with Crippen molar-refractivity contribution in [2.45, 2.75) is 368 Å². The van der Waals surface area contributed by atoms with E-state index in [0.717, 1.165) is 67.5 Å². The Hall–Kier alpha value is -2.13. The first-order chi connectivity index (χ1) is 42.8. The van der Waals surface area contributed by atoms with Crippen LogP contribution in [0.5, 0.6) is 0 Å². The molecular formula is C72H135N3O9S3. The van der Waals surface area contributed by atoms with Crippen LogP contribution in [-0.4, -0.2) is 85.9 Å². The molecule has 0 N–H and O–H groups in total. The van der Waals surface area contributed by atoms with Crippen LogP contribution in [0, 0.1) is 0 Å². The molecule has 0 aliphatic carbocycles. The first-order valence-electron chi connectivity index (χ1n) is 36.9. The number of carbonyl (C=O) groups is 3. The largest absolute Gasteiger partial charge is 0.464 e. The summed E-state index contributed by atoms with van der Waals surface area (Å²) in [6.45, 7) is 5.38. The summed E-state index contributed by atoms with van der Waals surface area (Å²) in [6.07, 6.45) is 62.4. The number of carbonyl (C=O) groups excluding carboxylic acids is 3. The van der Waals surface area contributed by atoms with Gasteiger partial charge >= 0.3 is 35.0 Å². The number of aromatic nitrogens is 3. The molecule has 0 amide bonds. The van der Waals surface area contributed by atoms with Gasteiger partial charge in [-0.25, -0.2) is 28.1 Å². The van der Waals surface area contributed by atoms with Crippen molar-refractivity contribution in [3.8, 4) is 0 Å². The van der Waals surface area contributed by atoms with Crippen molar-refractivity contribution in [2.24, 2.45) is 0 Å². The van der Waals surface area contributed by atoms with Crippen molar-refractivity contribution in [1.29, 1.82) is 0 Å². The number of unbranched alkanes of at least 4 members (excludes halogenated alkanes) is 42. The molecule has 0 radical (unpaired) electrons. The second kappa shape index (κ2) is 65.4. The molecule has 0 aliphatic rings. The number of ether oxygens (including phenoxy) is 3. The van der Waals surface area contributed by atoms with E-state index < -0.39 is 35.0 Å². The molecule has 0 unspecified atom stereocenters. The number of hydrogen-bond donors (Lipinski definition) is 0. The minimum atomic E-state index is -0.876. The van der Waals surface area contributed by atoms with Crippen LogP contribution in [0.15, 0.2) is 14.4 Å². The number of thioether (sulfide) groups is 3. The van der Waals surface area contributed by atoms with Gasteiger partial charge in [-0.3, -0.25) is 14.4 Å². The van der Waals surface area contributed by atoms with E-state index in [1.807, 2.05) is 35.3 Å². The summed E-state index contributed by atoms with van der Waals surface area (Å²) in [4.78, 5) is 79.3. The van der Waals surface area contributed by atoms with Crippen LogP contribution in [-0.2, 0) is 48.2 Å². The molecule has 1 aromatic heterocycles. The lowest BCUT2D eigenvalue weighted by Crippen LogP contribution is -2.55. The van der Waals surface area contributed by atoms with Gasteiger partial charge in [0, 0.05) is 19.3 Å². The van der Waals surface area contributed by atoms with Crippen LogP contribution in [0.2, 0.25) is 0 Å². The van der Waals surface area contributed by atoms with E-state index in [2.05, 4.69) is 20.8 Å². The lowest BCUT2D eigenvalue weighted by molar-refractivity contribution is -0.144. The Morgan fingerprint density at radius 2 is 0.414 bits per heavy atom. The van der Waals surface area contributed by atoms with E-state index in [1.54, 1.807) is 0 Å². The molecule has 510 valence electrons. The average Bonchev–Trinajstić information content (AvgIpc) is 1.75. The summed E-state index contributed by atoms with van der Waals surface area (Å²) in [5, 5.41) is 0. The van der Waals surface area contributed by atoms with E-state index in [0.29, 0.717) is 19.3 Å². The van der Waals surface area contributed by atoms with Crippen molar-refractivity contribution in [3.63, 3.8) is 0 Å². The Morgan fingerprint density at radius 3 is 0.598 bits per heavy atom. The highest BCUT2D eigenvalue weighted by Crippen LogP contribution is 2.19. The van der Waals surface area contributed by atoms with Crippen molar-refractivity contribution in [1.82, 2.24) is 13.7 Å². The fourth-order valence-electron chi connectivity index (χ4n) is 11.1. The third-order valence-corrected chi connectivity index (χ3v) is 20.3. The molecule has 0 saturated heterocycles. The maximum absolute atomic E-state index is 13.7. The van der Waals surface area contributed by atoms with Gasteiger partial charge in [0.2, 0.25) is 0 Å². The lowest BCUT2D eigenvalue weighted by Gasteiger charge is -2.14. The molecule has 1 aromatic rings. The first-order valence-corrected chi connectivity index (χ1v) is 40.4. The Balaban J connectivity index is 2.49. The van der Waals surface area contributed by atoms with Crippen molar-refractivity contribution < 1.29 is 28.6 Å². The van der Waals surface area contributed by atoms with Gasteiger partial charge in [-0.2, -0.15) is 35.3 Å². The van der Waals surface area contributed by atoms with Gasteiger partial charge in [0.05, 0.1) is 19.6 Å². The van der Waals surface area contributed by atoms with Crippen molar-refractivity contribution in [2.75, 3.05) is 54.3 Å². The Labute approximate surface area is 546 Å². The van der Waals surface area contributed by atoms with Gasteiger partial charge in [0.15, 0.2) is 0 Å². The number of rotatable bonds is 69. The van der Waals surface area contributed by atoms with E-state index in [4.69, 9.17) is 14.2 Å². The summed E-state index contributed by atoms with van der Waals surface area (Å²) in [6, 6.07) is 0. The molecule has 0 aliphatic heterocycles. The maximum atomic E-state index is 13.7. The second-order valence-electron chi connectivity index (χ2n) is 25.0. The zero-order valence-corrected chi connectivity index (χ0v) is 59.2. The average molecular weight is 1280 g/mol. The summed E-state index contributed by atoms with van der Waals surface area (Å²) in [7, 11) is 0. The summed E-state index contributed by atoms with van der Waals surface area (Å²) in [5.41, 5.74) is -2.63. The number of hydrogen-bond acceptors (Lipinski definition) is 12. The Bertz CT molecular complexity index is 1650. The SMILES string of the molecule is CCCCCCCCCCCCCCCCSCCCCC(=O)OCCn1c(=O)n(CCOC(=O)CCCCSCCCCCCCCCCCCCCCC)c(=O)n(CCOC(=O)CCCCSCCCCCCCCCCCCCCCC)c1=O. The molecule has 1 heterocycles. The van der Waals surface area contributed by atoms with Crippen LogP contribution in [0.4, 0.5) is 0 Å². The van der Waals surface area contributed by atoms with Crippen LogP contribution in [0.25, 0.3) is 0 Å². The van der Waals surface area contributed by atoms with Crippen LogP contribution < -0.4 is 17.1 Å². The number of esters is 3. The molecule has 15 heteroatoms. The highest BCUT2D eigenvalue weighted by molar-refractivity contribution is 7.99. The summed E-state index contributed by atoms with van der Waals surface area (Å²) < 4.78 is 19.0. The fourth-order valence-corrected chi connectivity index (χ4v) is 14.2. The van der Waals surface area contributed by atoms with Gasteiger partial charge in [-0.15, -0.1) is 0 Å². The summed E-state index contributed by atoms with van der Waals surface area (Å²) >= 11 is 5.81. The van der Waals surface area contributed by atoms with Gasteiger partial charge < -0.3 is 14.2 Å². The van der Waals surface area contributed by atoms with E-state index >= 15 is 0 Å². The Morgan fingerprint density at radius 1 is 0.253 bits per heavy atom. The number of nitrogens with zero attached hydrogens (tertiary/aromatic N) is 3. The third kappa shape index (κ3) is 53.1. The minimum Gasteiger partial charge on any atom is -0.464 e. The van der Waals surface area contributed by atoms with Gasteiger partial charge in [-0.1, -0.05) is 271 Å². The quantitative estimate of drug-likeness (QED) is 0.0348. The lowest BCUT2D eigenvalue weighted by atomic mass is 10.0. The molecule has 12 nitrogen and oxygen atoms in total. The molecule has 87 heavy (non-hydrogen) atoms. The zero-order valence-electron chi connectivity index (χ0n) is 56.8. The standard InChI is InChI=1S/C72H135N3O9S3/c1-4-7-10-13-16-19-22-25-28-31-34-37-40-46-61-85-64-49-43-52-67(76)82-58-55-73-70(79)74(56-59-83-68(77)53-44-50-65-86-62-47-41-38-35-32-29-26-23-20-17-14-11-8-5-2)72(81)75(71(73)80)57-60-84-69(78)54-45-51-66-87-63-48-42-39-36-33-30-27-24-21-18-15-12-9-6-3/h4-66H2,1-3H3. The smallest absolute Gasteiger partial charge is 0.336 e. The summed E-state index contributed by atoms with van der Waals surface area (Å²) in [5.74, 6) is 5.18. The maximum Gasteiger partial charge on any atom is 0.336 e. The fraction of sp³-hybridized carbons (Fsp3) is 0.917. The first kappa shape index (κ1) is 82.9.